The first kappa shape index (κ1) is 51.9. The van der Waals surface area contributed by atoms with Crippen LogP contribution in [0.2, 0.25) is 0 Å². The second kappa shape index (κ2) is 18.5. The molecule has 0 spiro atoms. The van der Waals surface area contributed by atoms with Gasteiger partial charge in [0.25, 0.3) is 0 Å². The maximum Gasteiger partial charge on any atom is 0.315 e. The standard InChI is InChI=1S/C48H78O19/c1-20-10-13-48(15-14-46(6)23(29(48)21(20)2)8-9-28-44(4)16-24(51)39(60)45(5,19-50)27(44)11-12-47(28,46)7)43(61)67-42-36(58)33(55)31(53)26(65-42)18-62-40-37(59)34(56)38(25(17-49)64-40)66-41-35(57)32(54)30(52)22(3)63-41/h8,20-22,24-42,49-60H,9-19H2,1-7H3/t20?,21-,22+,24?,25-,26-,27?,28?,29-,30-,31-,32+,33-,34+,35+,36-,37-,38-,39-,40-,41-,42+,44-,45-,46?,47+,48-/m0/s1. The first-order valence-corrected chi connectivity index (χ1v) is 24.5. The predicted molar refractivity (Wildman–Crippen MR) is 231 cm³/mol. The van der Waals surface area contributed by atoms with E-state index in [2.05, 4.69) is 40.7 Å². The molecular weight excluding hydrogens is 881 g/mol. The molecule has 7 fully saturated rings. The number of esters is 1. The monoisotopic (exact) mass is 959 g/mol. The van der Waals surface area contributed by atoms with Crippen LogP contribution in [0.5, 0.6) is 0 Å². The number of allylic oxidation sites excluding steroid dienone is 2. The molecule has 27 atom stereocenters. The average Bonchev–Trinajstić information content (AvgIpc) is 3.29. The second-order valence-corrected chi connectivity index (χ2v) is 22.9. The third kappa shape index (κ3) is 7.92. The van der Waals surface area contributed by atoms with E-state index in [4.69, 9.17) is 28.4 Å². The van der Waals surface area contributed by atoms with E-state index in [9.17, 15) is 61.3 Å². The van der Waals surface area contributed by atoms with Crippen molar-refractivity contribution in [2.75, 3.05) is 19.8 Å². The molecule has 5 unspecified atom stereocenters. The smallest absolute Gasteiger partial charge is 0.315 e. The Bertz CT molecular complexity index is 1820. The first-order chi connectivity index (χ1) is 31.4. The third-order valence-electron chi connectivity index (χ3n) is 19.7. The van der Waals surface area contributed by atoms with Crippen LogP contribution >= 0.6 is 0 Å². The predicted octanol–water partition coefficient (Wildman–Crippen LogP) is -1.03. The number of hydrogen-bond acceptors (Lipinski definition) is 19. The maximum atomic E-state index is 15.0. The topological polar surface area (TPSA) is 315 Å². The molecule has 384 valence electrons. The number of hydrogen-bond donors (Lipinski definition) is 12. The van der Waals surface area contributed by atoms with Gasteiger partial charge in [0.1, 0.15) is 67.1 Å². The lowest BCUT2D eigenvalue weighted by atomic mass is 9.33. The lowest BCUT2D eigenvalue weighted by Gasteiger charge is -2.71. The highest BCUT2D eigenvalue weighted by Gasteiger charge is 2.71. The molecule has 5 aliphatic carbocycles. The van der Waals surface area contributed by atoms with Gasteiger partial charge >= 0.3 is 5.97 Å². The van der Waals surface area contributed by atoms with E-state index in [-0.39, 0.29) is 52.4 Å². The van der Waals surface area contributed by atoms with E-state index in [0.29, 0.717) is 32.1 Å². The van der Waals surface area contributed by atoms with Gasteiger partial charge < -0.3 is 89.7 Å². The summed E-state index contributed by atoms with van der Waals surface area (Å²) in [5.74, 6) is -0.386. The van der Waals surface area contributed by atoms with Crippen LogP contribution in [0.4, 0.5) is 0 Å². The van der Waals surface area contributed by atoms with Crippen LogP contribution < -0.4 is 0 Å². The molecule has 19 nitrogen and oxygen atoms in total. The second-order valence-electron chi connectivity index (χ2n) is 22.9. The van der Waals surface area contributed by atoms with Crippen LogP contribution in [0.15, 0.2) is 11.6 Å². The number of ether oxygens (including phenoxy) is 6. The van der Waals surface area contributed by atoms with Crippen molar-refractivity contribution in [1.29, 1.82) is 0 Å². The highest BCUT2D eigenvalue weighted by atomic mass is 16.8. The minimum absolute atomic E-state index is 0.0112. The fourth-order valence-electron chi connectivity index (χ4n) is 15.2. The molecule has 0 radical (unpaired) electrons. The molecule has 3 heterocycles. The highest BCUT2D eigenvalue weighted by molar-refractivity contribution is 5.79. The van der Waals surface area contributed by atoms with Crippen LogP contribution in [0.1, 0.15) is 99.8 Å². The molecule has 67 heavy (non-hydrogen) atoms. The van der Waals surface area contributed by atoms with E-state index < -0.39 is 134 Å². The Morgan fingerprint density at radius 1 is 0.701 bits per heavy atom. The SMILES string of the molecule is CC1CC[C@]2(C(=O)O[C@H]3O[C@@H](CO[C@H]4O[C@@H](CO)[C@H](O[C@@H]5O[C@H](C)[C@H](O)[C@@H](O)[C@H]5O)[C@H](O)[C@@H]4O)[C@H](O)[C@H](O)[C@@H]3O)CCC3(C)C(=CCC4[C@@]5(C)CC(O)[C@H](O)[C@@](C)(CO)C5CC[C@]43C)[C@@H]2[C@H]1C. The zero-order valence-electron chi connectivity index (χ0n) is 39.8. The van der Waals surface area contributed by atoms with Crippen LogP contribution in [0.3, 0.4) is 0 Å². The summed E-state index contributed by atoms with van der Waals surface area (Å²) in [6, 6.07) is 0. The molecule has 3 saturated heterocycles. The Labute approximate surface area is 392 Å². The van der Waals surface area contributed by atoms with Crippen molar-refractivity contribution < 1.29 is 94.5 Å². The molecule has 4 saturated carbocycles. The molecule has 0 aromatic rings. The Kier molecular flexibility index (Phi) is 14.4. The summed E-state index contributed by atoms with van der Waals surface area (Å²) >= 11 is 0. The molecule has 0 aromatic carbocycles. The molecule has 0 aromatic heterocycles. The molecule has 8 aliphatic rings. The van der Waals surface area contributed by atoms with Gasteiger partial charge in [0, 0.05) is 5.41 Å². The molecule has 19 heteroatoms. The van der Waals surface area contributed by atoms with Gasteiger partial charge in [-0.05, 0) is 104 Å². The largest absolute Gasteiger partial charge is 0.432 e. The number of fused-ring (bicyclic) bond motifs is 7. The summed E-state index contributed by atoms with van der Waals surface area (Å²) in [5.41, 5.74) is -1.64. The maximum absolute atomic E-state index is 15.0. The Morgan fingerprint density at radius 3 is 2.01 bits per heavy atom. The van der Waals surface area contributed by atoms with Crippen molar-refractivity contribution in [3.8, 4) is 0 Å². The number of aliphatic hydroxyl groups is 12. The lowest BCUT2D eigenvalue weighted by molar-refractivity contribution is -0.361. The minimum Gasteiger partial charge on any atom is -0.432 e. The summed E-state index contributed by atoms with van der Waals surface area (Å²) in [6.07, 6.45) is -18.9. The van der Waals surface area contributed by atoms with Gasteiger partial charge in [-0.3, -0.25) is 4.79 Å². The summed E-state index contributed by atoms with van der Waals surface area (Å²) in [4.78, 5) is 15.0. The molecular formula is C48H78O19. The Morgan fingerprint density at radius 2 is 1.34 bits per heavy atom. The van der Waals surface area contributed by atoms with E-state index in [1.54, 1.807) is 0 Å². The summed E-state index contributed by atoms with van der Waals surface area (Å²) in [5, 5.41) is 130. The van der Waals surface area contributed by atoms with Gasteiger partial charge in [-0.2, -0.15) is 0 Å². The van der Waals surface area contributed by atoms with Gasteiger partial charge in [-0.1, -0.05) is 53.2 Å². The molecule has 3 aliphatic heterocycles. The number of carbonyl (C=O) groups is 1. The minimum atomic E-state index is -1.86. The summed E-state index contributed by atoms with van der Waals surface area (Å²) in [6.45, 7) is 13.0. The molecule has 0 bridgehead atoms. The van der Waals surface area contributed by atoms with Crippen molar-refractivity contribution in [2.24, 2.45) is 56.7 Å². The Balaban J connectivity index is 0.985. The van der Waals surface area contributed by atoms with Crippen LogP contribution in [-0.4, -0.2) is 191 Å². The molecule has 0 amide bonds. The summed E-state index contributed by atoms with van der Waals surface area (Å²) < 4.78 is 34.7. The number of aliphatic hydroxyl groups excluding tert-OH is 12. The average molecular weight is 959 g/mol. The number of rotatable bonds is 9. The van der Waals surface area contributed by atoms with Crippen LogP contribution in [0.25, 0.3) is 0 Å². The molecule has 12 N–H and O–H groups in total. The van der Waals surface area contributed by atoms with E-state index in [1.807, 2.05) is 6.92 Å². The van der Waals surface area contributed by atoms with E-state index in [0.717, 1.165) is 19.3 Å². The van der Waals surface area contributed by atoms with Crippen LogP contribution in [-0.2, 0) is 33.2 Å². The quantitative estimate of drug-likeness (QED) is 0.0971. The zero-order valence-corrected chi connectivity index (χ0v) is 39.8. The highest BCUT2D eigenvalue weighted by Crippen LogP contribution is 2.76. The van der Waals surface area contributed by atoms with Crippen molar-refractivity contribution in [2.45, 2.75) is 204 Å². The van der Waals surface area contributed by atoms with Crippen molar-refractivity contribution in [1.82, 2.24) is 0 Å². The fourth-order valence-corrected chi connectivity index (χ4v) is 15.2. The summed E-state index contributed by atoms with van der Waals surface area (Å²) in [7, 11) is 0. The van der Waals surface area contributed by atoms with E-state index in [1.165, 1.54) is 12.5 Å². The van der Waals surface area contributed by atoms with Gasteiger partial charge in [-0.15, -0.1) is 0 Å². The fraction of sp³-hybridized carbons (Fsp3) is 0.938. The van der Waals surface area contributed by atoms with Gasteiger partial charge in [0.05, 0.1) is 43.5 Å². The first-order valence-electron chi connectivity index (χ1n) is 24.5. The molecule has 8 rings (SSSR count). The number of carbonyl (C=O) groups excluding carboxylic acids is 1. The van der Waals surface area contributed by atoms with Gasteiger partial charge in [0.2, 0.25) is 6.29 Å². The van der Waals surface area contributed by atoms with Crippen molar-refractivity contribution in [3.63, 3.8) is 0 Å². The Hall–Kier alpha value is -1.47. The van der Waals surface area contributed by atoms with Gasteiger partial charge in [0.15, 0.2) is 12.6 Å². The van der Waals surface area contributed by atoms with Crippen LogP contribution in [0, 0.1) is 56.7 Å². The van der Waals surface area contributed by atoms with Crippen molar-refractivity contribution >= 4 is 5.97 Å². The van der Waals surface area contributed by atoms with E-state index >= 15 is 4.79 Å². The lowest BCUT2D eigenvalue weighted by Crippen LogP contribution is -2.68. The third-order valence-corrected chi connectivity index (χ3v) is 19.7. The van der Waals surface area contributed by atoms with Crippen molar-refractivity contribution in [3.05, 3.63) is 11.6 Å². The normalized spacial score (nSPS) is 56.7. The van der Waals surface area contributed by atoms with Gasteiger partial charge in [-0.25, -0.2) is 0 Å². The zero-order chi connectivity index (χ0) is 49.1.